The molecular formula is C14H17BrN4O2. The maximum atomic E-state index is 11.8. The SMILES string of the molecule is CC(NC(=O)CCCOc1ccc(Br)cc1)c1ncn[nH]1. The minimum atomic E-state index is -0.174. The smallest absolute Gasteiger partial charge is 0.220 e. The Kier molecular flexibility index (Phi) is 5.74. The molecule has 0 saturated carbocycles. The summed E-state index contributed by atoms with van der Waals surface area (Å²) in [7, 11) is 0. The van der Waals surface area contributed by atoms with Crippen molar-refractivity contribution >= 4 is 21.8 Å². The number of nitrogens with one attached hydrogen (secondary N) is 2. The van der Waals surface area contributed by atoms with Crippen LogP contribution in [-0.4, -0.2) is 27.7 Å². The van der Waals surface area contributed by atoms with E-state index in [-0.39, 0.29) is 11.9 Å². The number of hydrogen-bond donors (Lipinski definition) is 2. The highest BCUT2D eigenvalue weighted by Gasteiger charge is 2.11. The third kappa shape index (κ3) is 5.18. The van der Waals surface area contributed by atoms with Gasteiger partial charge in [0, 0.05) is 10.9 Å². The van der Waals surface area contributed by atoms with Gasteiger partial charge in [0.1, 0.15) is 17.9 Å². The molecule has 0 bridgehead atoms. The Labute approximate surface area is 131 Å². The lowest BCUT2D eigenvalue weighted by molar-refractivity contribution is -0.122. The van der Waals surface area contributed by atoms with Gasteiger partial charge in [-0.2, -0.15) is 5.10 Å². The molecule has 1 atom stereocenters. The second kappa shape index (κ2) is 7.78. The standard InChI is InChI=1S/C14H17BrN4O2/c1-10(14-16-9-17-19-14)18-13(20)3-2-8-21-12-6-4-11(15)5-7-12/h4-7,9-10H,2-3,8H2,1H3,(H,18,20)(H,16,17,19). The van der Waals surface area contributed by atoms with Crippen LogP contribution in [-0.2, 0) is 4.79 Å². The highest BCUT2D eigenvalue weighted by atomic mass is 79.9. The normalized spacial score (nSPS) is 11.9. The molecule has 2 rings (SSSR count). The van der Waals surface area contributed by atoms with E-state index in [1.807, 2.05) is 31.2 Å². The average Bonchev–Trinajstić information content (AvgIpc) is 3.00. The maximum Gasteiger partial charge on any atom is 0.220 e. The summed E-state index contributed by atoms with van der Waals surface area (Å²) in [6.07, 6.45) is 2.49. The fourth-order valence-corrected chi connectivity index (χ4v) is 2.02. The number of aromatic amines is 1. The van der Waals surface area contributed by atoms with Crippen LogP contribution in [0.4, 0.5) is 0 Å². The number of H-pyrrole nitrogens is 1. The third-order valence-electron chi connectivity index (χ3n) is 2.85. The molecule has 6 nitrogen and oxygen atoms in total. The van der Waals surface area contributed by atoms with Gasteiger partial charge >= 0.3 is 0 Å². The minimum Gasteiger partial charge on any atom is -0.494 e. The number of carbonyl (C=O) groups excluding carboxylic acids is 1. The fourth-order valence-electron chi connectivity index (χ4n) is 1.76. The van der Waals surface area contributed by atoms with Crippen LogP contribution in [0.25, 0.3) is 0 Å². The number of hydrogen-bond acceptors (Lipinski definition) is 4. The van der Waals surface area contributed by atoms with Crippen molar-refractivity contribution in [2.75, 3.05) is 6.61 Å². The number of carbonyl (C=O) groups is 1. The molecule has 1 heterocycles. The molecule has 112 valence electrons. The Morgan fingerprint density at radius 3 is 2.86 bits per heavy atom. The minimum absolute atomic E-state index is 0.0293. The molecule has 1 aromatic carbocycles. The van der Waals surface area contributed by atoms with E-state index in [0.29, 0.717) is 25.3 Å². The van der Waals surface area contributed by atoms with Crippen molar-refractivity contribution in [1.29, 1.82) is 0 Å². The lowest BCUT2D eigenvalue weighted by Gasteiger charge is -2.11. The number of rotatable bonds is 7. The van der Waals surface area contributed by atoms with E-state index in [0.717, 1.165) is 10.2 Å². The molecule has 0 aliphatic heterocycles. The Bertz CT molecular complexity index is 557. The van der Waals surface area contributed by atoms with Crippen molar-refractivity contribution in [3.8, 4) is 5.75 Å². The molecule has 0 spiro atoms. The zero-order valence-electron chi connectivity index (χ0n) is 11.7. The van der Waals surface area contributed by atoms with Gasteiger partial charge < -0.3 is 10.1 Å². The number of nitrogens with zero attached hydrogens (tertiary/aromatic N) is 2. The average molecular weight is 353 g/mol. The molecule has 7 heteroatoms. The van der Waals surface area contributed by atoms with Crippen LogP contribution in [0.15, 0.2) is 35.1 Å². The molecule has 0 aliphatic carbocycles. The van der Waals surface area contributed by atoms with Crippen LogP contribution in [0.5, 0.6) is 5.75 Å². The van der Waals surface area contributed by atoms with Gasteiger partial charge in [0.2, 0.25) is 5.91 Å². The lowest BCUT2D eigenvalue weighted by atomic mass is 10.2. The number of halogens is 1. The molecule has 21 heavy (non-hydrogen) atoms. The van der Waals surface area contributed by atoms with Crippen molar-refractivity contribution in [3.05, 3.63) is 40.9 Å². The predicted octanol–water partition coefficient (Wildman–Crippen LogP) is 2.60. The van der Waals surface area contributed by atoms with Crippen molar-refractivity contribution < 1.29 is 9.53 Å². The molecule has 0 fully saturated rings. The highest BCUT2D eigenvalue weighted by molar-refractivity contribution is 9.10. The van der Waals surface area contributed by atoms with Gasteiger partial charge in [-0.1, -0.05) is 15.9 Å². The molecule has 1 unspecified atom stereocenters. The topological polar surface area (TPSA) is 79.9 Å². The molecule has 0 radical (unpaired) electrons. The zero-order valence-corrected chi connectivity index (χ0v) is 13.3. The van der Waals surface area contributed by atoms with Gasteiger partial charge in [0.15, 0.2) is 0 Å². The van der Waals surface area contributed by atoms with E-state index in [2.05, 4.69) is 36.4 Å². The summed E-state index contributed by atoms with van der Waals surface area (Å²) in [5.74, 6) is 1.42. The van der Waals surface area contributed by atoms with E-state index in [1.54, 1.807) is 0 Å². The Morgan fingerprint density at radius 1 is 1.43 bits per heavy atom. The molecule has 0 saturated heterocycles. The largest absolute Gasteiger partial charge is 0.494 e. The fraction of sp³-hybridized carbons (Fsp3) is 0.357. The summed E-state index contributed by atoms with van der Waals surface area (Å²) in [5.41, 5.74) is 0. The zero-order chi connectivity index (χ0) is 15.1. The first kappa shape index (κ1) is 15.5. The van der Waals surface area contributed by atoms with E-state index in [4.69, 9.17) is 4.74 Å². The number of aromatic nitrogens is 3. The molecule has 2 N–H and O–H groups in total. The summed E-state index contributed by atoms with van der Waals surface area (Å²) >= 11 is 3.36. The van der Waals surface area contributed by atoms with E-state index >= 15 is 0 Å². The van der Waals surface area contributed by atoms with Gasteiger partial charge in [-0.05, 0) is 37.6 Å². The number of benzene rings is 1. The van der Waals surface area contributed by atoms with Gasteiger partial charge in [0.25, 0.3) is 0 Å². The predicted molar refractivity (Wildman–Crippen MR) is 81.8 cm³/mol. The van der Waals surface area contributed by atoms with E-state index in [1.165, 1.54) is 6.33 Å². The Hall–Kier alpha value is -1.89. The first-order valence-corrected chi connectivity index (χ1v) is 7.47. The summed E-state index contributed by atoms with van der Waals surface area (Å²) in [6, 6.07) is 7.43. The van der Waals surface area contributed by atoms with Crippen molar-refractivity contribution in [2.45, 2.75) is 25.8 Å². The highest BCUT2D eigenvalue weighted by Crippen LogP contribution is 2.16. The molecule has 1 amide bonds. The summed E-state index contributed by atoms with van der Waals surface area (Å²) < 4.78 is 6.57. The van der Waals surface area contributed by atoms with Crippen molar-refractivity contribution in [1.82, 2.24) is 20.5 Å². The molecule has 2 aromatic rings. The lowest BCUT2D eigenvalue weighted by Crippen LogP contribution is -2.27. The summed E-state index contributed by atoms with van der Waals surface area (Å²) in [5, 5.41) is 9.34. The van der Waals surface area contributed by atoms with Crippen LogP contribution >= 0.6 is 15.9 Å². The van der Waals surface area contributed by atoms with Gasteiger partial charge in [-0.25, -0.2) is 4.98 Å². The maximum absolute atomic E-state index is 11.8. The van der Waals surface area contributed by atoms with Crippen LogP contribution in [0.3, 0.4) is 0 Å². The number of ether oxygens (including phenoxy) is 1. The first-order chi connectivity index (χ1) is 10.1. The first-order valence-electron chi connectivity index (χ1n) is 6.68. The Balaban J connectivity index is 1.64. The van der Waals surface area contributed by atoms with Gasteiger partial charge in [0.05, 0.1) is 12.6 Å². The molecular weight excluding hydrogens is 336 g/mol. The van der Waals surface area contributed by atoms with E-state index in [9.17, 15) is 4.79 Å². The van der Waals surface area contributed by atoms with E-state index < -0.39 is 0 Å². The second-order valence-electron chi connectivity index (χ2n) is 4.57. The monoisotopic (exact) mass is 352 g/mol. The summed E-state index contributed by atoms with van der Waals surface area (Å²) in [4.78, 5) is 15.8. The van der Waals surface area contributed by atoms with Gasteiger partial charge in [-0.3, -0.25) is 9.89 Å². The third-order valence-corrected chi connectivity index (χ3v) is 3.38. The van der Waals surface area contributed by atoms with Crippen LogP contribution < -0.4 is 10.1 Å². The van der Waals surface area contributed by atoms with Crippen molar-refractivity contribution in [3.63, 3.8) is 0 Å². The van der Waals surface area contributed by atoms with Crippen LogP contribution in [0, 0.1) is 0 Å². The summed E-state index contributed by atoms with van der Waals surface area (Å²) in [6.45, 7) is 2.36. The van der Waals surface area contributed by atoms with Gasteiger partial charge in [-0.15, -0.1) is 0 Å². The number of amides is 1. The Morgan fingerprint density at radius 2 is 2.19 bits per heavy atom. The van der Waals surface area contributed by atoms with Crippen LogP contribution in [0.2, 0.25) is 0 Å². The quantitative estimate of drug-likeness (QED) is 0.750. The van der Waals surface area contributed by atoms with Crippen LogP contribution in [0.1, 0.15) is 31.6 Å². The molecule has 1 aromatic heterocycles. The molecule has 0 aliphatic rings. The second-order valence-corrected chi connectivity index (χ2v) is 5.48. The van der Waals surface area contributed by atoms with Crippen molar-refractivity contribution in [2.24, 2.45) is 0 Å².